The third kappa shape index (κ3) is 2.13. The highest BCUT2D eigenvalue weighted by molar-refractivity contribution is 6.61. The van der Waals surface area contributed by atoms with Crippen molar-refractivity contribution in [2.75, 3.05) is 0 Å². The number of carbonyl (C=O) groups is 1. The fraction of sp³-hybridized carbons (Fsp3) is 0.125. The minimum atomic E-state index is -0.861. The average Bonchev–Trinajstić information content (AvgIpc) is 1.98. The number of benzene rings is 1. The Bertz CT molecular complexity index is 310. The van der Waals surface area contributed by atoms with E-state index in [0.29, 0.717) is 16.3 Å². The molecule has 0 atom stereocenters. The number of rotatable bonds is 1. The summed E-state index contributed by atoms with van der Waals surface area (Å²) >= 11 is 10.8. The summed E-state index contributed by atoms with van der Waals surface area (Å²) in [6, 6.07) is 5.02. The summed E-state index contributed by atoms with van der Waals surface area (Å²) in [6.07, 6.45) is 0. The summed E-state index contributed by atoms with van der Waals surface area (Å²) in [5.74, 6) is 0.391. The first kappa shape index (κ1) is 9.36. The maximum absolute atomic E-state index is 10.4. The lowest BCUT2D eigenvalue weighted by molar-refractivity contribution is 0.225. The van der Waals surface area contributed by atoms with Gasteiger partial charge in [-0.1, -0.05) is 17.7 Å². The predicted octanol–water partition coefficient (Wildman–Crippen LogP) is 3.39. The molecule has 12 heavy (non-hydrogen) atoms. The van der Waals surface area contributed by atoms with Gasteiger partial charge in [0.2, 0.25) is 0 Å². The first-order valence-electron chi connectivity index (χ1n) is 3.23. The maximum Gasteiger partial charge on any atom is 0.409 e. The average molecular weight is 205 g/mol. The van der Waals surface area contributed by atoms with Crippen molar-refractivity contribution in [1.82, 2.24) is 0 Å². The van der Waals surface area contributed by atoms with Crippen LogP contribution in [-0.2, 0) is 0 Å². The van der Waals surface area contributed by atoms with E-state index in [1.165, 1.54) is 0 Å². The molecular weight excluding hydrogens is 199 g/mol. The van der Waals surface area contributed by atoms with Crippen LogP contribution in [0.1, 0.15) is 5.56 Å². The molecule has 0 radical (unpaired) electrons. The molecule has 0 unspecified atom stereocenters. The van der Waals surface area contributed by atoms with E-state index in [-0.39, 0.29) is 0 Å². The Labute approximate surface area is 80.0 Å². The zero-order chi connectivity index (χ0) is 9.14. The second-order valence-electron chi connectivity index (χ2n) is 2.20. The van der Waals surface area contributed by atoms with E-state index in [2.05, 4.69) is 4.74 Å². The van der Waals surface area contributed by atoms with Gasteiger partial charge in [-0.3, -0.25) is 0 Å². The summed E-state index contributed by atoms with van der Waals surface area (Å²) in [5, 5.41) is 0.547. The largest absolute Gasteiger partial charge is 0.414 e. The van der Waals surface area contributed by atoms with Crippen molar-refractivity contribution < 1.29 is 9.53 Å². The van der Waals surface area contributed by atoms with Crippen LogP contribution in [0.2, 0.25) is 5.02 Å². The van der Waals surface area contributed by atoms with Gasteiger partial charge in [0, 0.05) is 22.2 Å². The molecule has 64 valence electrons. The molecule has 0 aliphatic heterocycles. The molecule has 0 bridgehead atoms. The van der Waals surface area contributed by atoms with Gasteiger partial charge in [0.15, 0.2) is 0 Å². The molecule has 0 aliphatic carbocycles. The Morgan fingerprint density at radius 1 is 1.50 bits per heavy atom. The fourth-order valence-corrected chi connectivity index (χ4v) is 1.03. The zero-order valence-corrected chi connectivity index (χ0v) is 7.82. The van der Waals surface area contributed by atoms with Gasteiger partial charge in [0.25, 0.3) is 0 Å². The first-order chi connectivity index (χ1) is 5.61. The fourth-order valence-electron chi connectivity index (χ4n) is 0.785. The highest BCUT2D eigenvalue weighted by atomic mass is 35.5. The number of hydrogen-bond donors (Lipinski definition) is 0. The maximum atomic E-state index is 10.4. The lowest BCUT2D eigenvalue weighted by atomic mass is 10.2. The molecule has 0 spiro atoms. The van der Waals surface area contributed by atoms with Gasteiger partial charge in [-0.25, -0.2) is 4.79 Å². The molecule has 4 heteroatoms. The van der Waals surface area contributed by atoms with Crippen molar-refractivity contribution in [1.29, 1.82) is 0 Å². The predicted molar refractivity (Wildman–Crippen MR) is 48.1 cm³/mol. The van der Waals surface area contributed by atoms with Crippen LogP contribution >= 0.6 is 23.2 Å². The van der Waals surface area contributed by atoms with E-state index >= 15 is 0 Å². The minimum absolute atomic E-state index is 0.391. The van der Waals surface area contributed by atoms with E-state index in [4.69, 9.17) is 23.2 Å². The van der Waals surface area contributed by atoms with Crippen molar-refractivity contribution in [3.8, 4) is 5.75 Å². The molecule has 0 heterocycles. The zero-order valence-electron chi connectivity index (χ0n) is 6.30. The standard InChI is InChI=1S/C8H6Cl2O2/c1-5-6(9)3-2-4-7(5)12-8(10)11/h2-4H,1H3. The Balaban J connectivity index is 3.00. The number of halogens is 2. The quantitative estimate of drug-likeness (QED) is 0.656. The molecule has 1 rings (SSSR count). The first-order valence-corrected chi connectivity index (χ1v) is 3.99. The Hall–Kier alpha value is -0.730. The van der Waals surface area contributed by atoms with Gasteiger partial charge < -0.3 is 4.74 Å². The molecule has 0 saturated heterocycles. The van der Waals surface area contributed by atoms with Crippen LogP contribution in [0.15, 0.2) is 18.2 Å². The smallest absolute Gasteiger partial charge is 0.409 e. The van der Waals surface area contributed by atoms with Crippen LogP contribution in [0.3, 0.4) is 0 Å². The topological polar surface area (TPSA) is 26.3 Å². The van der Waals surface area contributed by atoms with Gasteiger partial charge in [-0.2, -0.15) is 0 Å². The number of ether oxygens (including phenoxy) is 1. The van der Waals surface area contributed by atoms with Crippen molar-refractivity contribution in [3.05, 3.63) is 28.8 Å². The molecule has 0 aliphatic rings. The van der Waals surface area contributed by atoms with Gasteiger partial charge >= 0.3 is 5.43 Å². The highest BCUT2D eigenvalue weighted by Gasteiger charge is 2.05. The summed E-state index contributed by atoms with van der Waals surface area (Å²) in [6.45, 7) is 1.75. The summed E-state index contributed by atoms with van der Waals surface area (Å²) < 4.78 is 4.67. The van der Waals surface area contributed by atoms with Gasteiger partial charge in [-0.05, 0) is 19.1 Å². The van der Waals surface area contributed by atoms with E-state index in [1.54, 1.807) is 25.1 Å². The second-order valence-corrected chi connectivity index (χ2v) is 2.92. The van der Waals surface area contributed by atoms with Crippen molar-refractivity contribution in [2.24, 2.45) is 0 Å². The Kier molecular flexibility index (Phi) is 2.95. The molecule has 0 N–H and O–H groups in total. The van der Waals surface area contributed by atoms with Crippen molar-refractivity contribution >= 4 is 28.6 Å². The monoisotopic (exact) mass is 204 g/mol. The molecular formula is C8H6Cl2O2. The van der Waals surface area contributed by atoms with Crippen LogP contribution in [0, 0.1) is 6.92 Å². The number of carbonyl (C=O) groups excluding carboxylic acids is 1. The van der Waals surface area contributed by atoms with Crippen molar-refractivity contribution in [3.63, 3.8) is 0 Å². The van der Waals surface area contributed by atoms with Crippen LogP contribution in [0.5, 0.6) is 5.75 Å². The molecule has 0 amide bonds. The van der Waals surface area contributed by atoms with E-state index in [1.807, 2.05) is 0 Å². The number of hydrogen-bond acceptors (Lipinski definition) is 2. The molecule has 0 fully saturated rings. The Morgan fingerprint density at radius 2 is 2.17 bits per heavy atom. The molecule has 0 saturated carbocycles. The van der Waals surface area contributed by atoms with Gasteiger partial charge in [0.1, 0.15) is 5.75 Å². The van der Waals surface area contributed by atoms with E-state index in [0.717, 1.165) is 0 Å². The van der Waals surface area contributed by atoms with Crippen LogP contribution in [-0.4, -0.2) is 5.43 Å². The molecule has 1 aromatic rings. The third-order valence-electron chi connectivity index (χ3n) is 1.41. The molecule has 0 aromatic heterocycles. The SMILES string of the molecule is Cc1c(Cl)cccc1OC(=O)Cl. The summed E-state index contributed by atoms with van der Waals surface area (Å²) in [4.78, 5) is 10.4. The minimum Gasteiger partial charge on any atom is -0.414 e. The normalized spacial score (nSPS) is 9.58. The van der Waals surface area contributed by atoms with Crippen molar-refractivity contribution in [2.45, 2.75) is 6.92 Å². The lowest BCUT2D eigenvalue weighted by Gasteiger charge is -2.04. The highest BCUT2D eigenvalue weighted by Crippen LogP contribution is 2.25. The third-order valence-corrected chi connectivity index (χ3v) is 1.89. The van der Waals surface area contributed by atoms with Gasteiger partial charge in [-0.15, -0.1) is 0 Å². The van der Waals surface area contributed by atoms with Gasteiger partial charge in [0.05, 0.1) is 0 Å². The van der Waals surface area contributed by atoms with Crippen LogP contribution < -0.4 is 4.74 Å². The van der Waals surface area contributed by atoms with Crippen LogP contribution in [0.4, 0.5) is 4.79 Å². The lowest BCUT2D eigenvalue weighted by Crippen LogP contribution is -1.97. The summed E-state index contributed by atoms with van der Waals surface area (Å²) in [5.41, 5.74) is -0.159. The molecule has 1 aromatic carbocycles. The molecule has 2 nitrogen and oxygen atoms in total. The second kappa shape index (κ2) is 3.78. The summed E-state index contributed by atoms with van der Waals surface area (Å²) in [7, 11) is 0. The van der Waals surface area contributed by atoms with E-state index in [9.17, 15) is 4.79 Å². The van der Waals surface area contributed by atoms with E-state index < -0.39 is 5.43 Å². The van der Waals surface area contributed by atoms with Crippen LogP contribution in [0.25, 0.3) is 0 Å². The Morgan fingerprint density at radius 3 is 2.75 bits per heavy atom.